The monoisotopic (exact) mass is 384 g/mol. The van der Waals surface area contributed by atoms with Gasteiger partial charge in [0.25, 0.3) is 0 Å². The van der Waals surface area contributed by atoms with Crippen LogP contribution in [-0.2, 0) is 29.7 Å². The molecular formula is C21H32N6O. The molecule has 7 nitrogen and oxygen atoms in total. The number of benzene rings is 1. The largest absolute Gasteiger partial charge is 0.377 e. The van der Waals surface area contributed by atoms with Gasteiger partial charge in [0.1, 0.15) is 12.4 Å². The average Bonchev–Trinajstić information content (AvgIpc) is 3.07. The van der Waals surface area contributed by atoms with Gasteiger partial charge in [0.2, 0.25) is 0 Å². The Labute approximate surface area is 167 Å². The van der Waals surface area contributed by atoms with E-state index in [4.69, 9.17) is 4.74 Å². The maximum absolute atomic E-state index is 5.14. The smallest absolute Gasteiger partial charge is 0.191 e. The van der Waals surface area contributed by atoms with Crippen molar-refractivity contribution in [3.05, 3.63) is 47.0 Å². The molecule has 28 heavy (non-hydrogen) atoms. The zero-order valence-electron chi connectivity index (χ0n) is 17.6. The van der Waals surface area contributed by atoms with Gasteiger partial charge in [-0.2, -0.15) is 5.10 Å². The molecule has 1 unspecified atom stereocenters. The van der Waals surface area contributed by atoms with Crippen molar-refractivity contribution in [2.24, 2.45) is 4.99 Å². The highest BCUT2D eigenvalue weighted by Gasteiger charge is 2.24. The molecule has 3 rings (SSSR count). The number of fused-ring (bicyclic) bond motifs is 1. The summed E-state index contributed by atoms with van der Waals surface area (Å²) in [5.74, 6) is 2.61. The Hall–Kier alpha value is -2.41. The van der Waals surface area contributed by atoms with Crippen LogP contribution in [0.25, 0.3) is 0 Å². The van der Waals surface area contributed by atoms with Gasteiger partial charge in [0, 0.05) is 38.6 Å². The molecule has 0 saturated heterocycles. The van der Waals surface area contributed by atoms with E-state index in [0.29, 0.717) is 6.61 Å². The van der Waals surface area contributed by atoms with Crippen LogP contribution >= 0.6 is 0 Å². The molecule has 0 fully saturated rings. The van der Waals surface area contributed by atoms with Crippen molar-refractivity contribution in [1.29, 1.82) is 0 Å². The maximum Gasteiger partial charge on any atom is 0.191 e. The number of guanidine groups is 1. The summed E-state index contributed by atoms with van der Waals surface area (Å²) in [6, 6.07) is 8.97. The lowest BCUT2D eigenvalue weighted by Crippen LogP contribution is -2.49. The summed E-state index contributed by atoms with van der Waals surface area (Å²) >= 11 is 0. The van der Waals surface area contributed by atoms with E-state index in [1.807, 2.05) is 11.7 Å². The van der Waals surface area contributed by atoms with Crippen LogP contribution in [0, 0.1) is 6.92 Å². The number of nitrogens with one attached hydrogen (secondary N) is 2. The van der Waals surface area contributed by atoms with E-state index >= 15 is 0 Å². The zero-order valence-corrected chi connectivity index (χ0v) is 17.6. The van der Waals surface area contributed by atoms with Crippen molar-refractivity contribution >= 4 is 5.96 Å². The van der Waals surface area contributed by atoms with Crippen LogP contribution < -0.4 is 10.6 Å². The normalized spacial score (nSPS) is 17.3. The molecule has 1 aromatic carbocycles. The van der Waals surface area contributed by atoms with Crippen molar-refractivity contribution < 1.29 is 4.74 Å². The van der Waals surface area contributed by atoms with Crippen LogP contribution in [0.15, 0.2) is 29.3 Å². The van der Waals surface area contributed by atoms with Gasteiger partial charge in [-0.05, 0) is 18.9 Å². The molecule has 1 aromatic heterocycles. The summed E-state index contributed by atoms with van der Waals surface area (Å²) < 4.78 is 7.12. The van der Waals surface area contributed by atoms with Gasteiger partial charge in [-0.3, -0.25) is 4.99 Å². The van der Waals surface area contributed by atoms with Crippen LogP contribution in [0.1, 0.15) is 43.0 Å². The van der Waals surface area contributed by atoms with Gasteiger partial charge in [0.05, 0.1) is 6.54 Å². The predicted octanol–water partition coefficient (Wildman–Crippen LogP) is 2.19. The zero-order chi connectivity index (χ0) is 20.1. The Bertz CT molecular complexity index is 826. The Balaban J connectivity index is 1.57. The molecular weight excluding hydrogens is 352 g/mol. The second-order valence-corrected chi connectivity index (χ2v) is 8.12. The number of aliphatic imine (C=N–C) groups is 1. The van der Waals surface area contributed by atoms with Gasteiger partial charge < -0.3 is 15.4 Å². The van der Waals surface area contributed by atoms with Crippen molar-refractivity contribution in [2.45, 2.75) is 58.2 Å². The topological polar surface area (TPSA) is 76.4 Å². The molecule has 1 atom stereocenters. The SMILES string of the molecule is CN=C(NCC(C)(C)c1cccc(C)c1)NC1CCc2nc(COC)nn2C1. The molecule has 2 heterocycles. The molecule has 152 valence electrons. The van der Waals surface area contributed by atoms with Gasteiger partial charge in [0.15, 0.2) is 11.8 Å². The average molecular weight is 385 g/mol. The number of methoxy groups -OCH3 is 1. The molecule has 0 spiro atoms. The second-order valence-electron chi connectivity index (χ2n) is 8.12. The third-order valence-electron chi connectivity index (χ3n) is 5.24. The summed E-state index contributed by atoms with van der Waals surface area (Å²) in [4.78, 5) is 8.95. The van der Waals surface area contributed by atoms with Crippen LogP contribution in [0.3, 0.4) is 0 Å². The van der Waals surface area contributed by atoms with Crippen molar-refractivity contribution in [3.8, 4) is 0 Å². The fraction of sp³-hybridized carbons (Fsp3) is 0.571. The van der Waals surface area contributed by atoms with E-state index in [9.17, 15) is 0 Å². The van der Waals surface area contributed by atoms with Crippen LogP contribution in [0.5, 0.6) is 0 Å². The Morgan fingerprint density at radius 2 is 2.21 bits per heavy atom. The number of hydrogen-bond donors (Lipinski definition) is 2. The lowest BCUT2D eigenvalue weighted by molar-refractivity contribution is 0.177. The maximum atomic E-state index is 5.14. The molecule has 2 N–H and O–H groups in total. The number of aryl methyl sites for hydroxylation is 2. The first kappa shape index (κ1) is 20.3. The van der Waals surface area contributed by atoms with E-state index in [2.05, 4.69) is 70.7 Å². The molecule has 0 bridgehead atoms. The van der Waals surface area contributed by atoms with Gasteiger partial charge in [-0.15, -0.1) is 0 Å². The standard InChI is InChI=1S/C21H32N6O/c1-15-7-6-8-16(11-15)21(2,3)14-23-20(22-4)24-17-9-10-19-25-18(13-28-5)26-27(19)12-17/h6-8,11,17H,9-10,12-14H2,1-5H3,(H2,22,23,24). The van der Waals surface area contributed by atoms with E-state index in [0.717, 1.165) is 43.5 Å². The molecule has 0 saturated carbocycles. The number of rotatable bonds is 6. The predicted molar refractivity (Wildman–Crippen MR) is 112 cm³/mol. The van der Waals surface area contributed by atoms with E-state index in [1.165, 1.54) is 11.1 Å². The van der Waals surface area contributed by atoms with Crippen molar-refractivity contribution in [1.82, 2.24) is 25.4 Å². The van der Waals surface area contributed by atoms with E-state index in [-0.39, 0.29) is 11.5 Å². The highest BCUT2D eigenvalue weighted by Crippen LogP contribution is 2.23. The second kappa shape index (κ2) is 8.73. The summed E-state index contributed by atoms with van der Waals surface area (Å²) in [5, 5.41) is 11.6. The Morgan fingerprint density at radius 3 is 2.93 bits per heavy atom. The highest BCUT2D eigenvalue weighted by molar-refractivity contribution is 5.80. The molecule has 2 aromatic rings. The van der Waals surface area contributed by atoms with Crippen LogP contribution in [0.4, 0.5) is 0 Å². The van der Waals surface area contributed by atoms with Crippen LogP contribution in [-0.4, -0.2) is 47.5 Å². The minimum Gasteiger partial charge on any atom is -0.377 e. The van der Waals surface area contributed by atoms with Crippen LogP contribution in [0.2, 0.25) is 0 Å². The summed E-state index contributed by atoms with van der Waals surface area (Å²) in [6.45, 7) is 8.68. The first-order chi connectivity index (χ1) is 13.4. The minimum absolute atomic E-state index is 0.00430. The quantitative estimate of drug-likeness (QED) is 0.590. The van der Waals surface area contributed by atoms with E-state index < -0.39 is 0 Å². The highest BCUT2D eigenvalue weighted by atomic mass is 16.5. The fourth-order valence-corrected chi connectivity index (χ4v) is 3.53. The van der Waals surface area contributed by atoms with Crippen molar-refractivity contribution in [3.63, 3.8) is 0 Å². The molecule has 7 heteroatoms. The van der Waals surface area contributed by atoms with E-state index in [1.54, 1.807) is 7.11 Å². The third-order valence-corrected chi connectivity index (χ3v) is 5.24. The molecule has 1 aliphatic heterocycles. The third kappa shape index (κ3) is 4.90. The van der Waals surface area contributed by atoms with Crippen molar-refractivity contribution in [2.75, 3.05) is 20.7 Å². The molecule has 0 aliphatic carbocycles. The molecule has 0 radical (unpaired) electrons. The molecule has 1 aliphatic rings. The first-order valence-electron chi connectivity index (χ1n) is 9.87. The minimum atomic E-state index is 0.00430. The summed E-state index contributed by atoms with van der Waals surface area (Å²) in [6.07, 6.45) is 1.91. The number of hydrogen-bond acceptors (Lipinski definition) is 4. The number of nitrogens with zero attached hydrogens (tertiary/aromatic N) is 4. The number of aromatic nitrogens is 3. The lowest BCUT2D eigenvalue weighted by atomic mass is 9.84. The Kier molecular flexibility index (Phi) is 6.34. The summed E-state index contributed by atoms with van der Waals surface area (Å²) in [7, 11) is 3.48. The summed E-state index contributed by atoms with van der Waals surface area (Å²) in [5.41, 5.74) is 2.61. The lowest BCUT2D eigenvalue weighted by Gasteiger charge is -2.29. The molecule has 0 amide bonds. The fourth-order valence-electron chi connectivity index (χ4n) is 3.53. The Morgan fingerprint density at radius 1 is 1.39 bits per heavy atom. The van der Waals surface area contributed by atoms with Gasteiger partial charge >= 0.3 is 0 Å². The van der Waals surface area contributed by atoms with Gasteiger partial charge in [-0.1, -0.05) is 43.7 Å². The first-order valence-corrected chi connectivity index (χ1v) is 9.87. The van der Waals surface area contributed by atoms with Gasteiger partial charge in [-0.25, -0.2) is 9.67 Å². The number of ether oxygens (including phenoxy) is 1.